The van der Waals surface area contributed by atoms with Gasteiger partial charge in [-0.2, -0.15) is 4.98 Å². The van der Waals surface area contributed by atoms with Crippen LogP contribution in [-0.4, -0.2) is 30.8 Å². The average molecular weight is 329 g/mol. The normalized spacial score (nSPS) is 12.5. The number of urea groups is 1. The fourth-order valence-corrected chi connectivity index (χ4v) is 2.26. The monoisotopic (exact) mass is 329 g/mol. The molecule has 0 aromatic carbocycles. The number of carbonyl (C=O) groups excluding carboxylic acids is 1. The number of aromatic nitrogens is 5. The number of rotatable bonds is 5. The number of nitrogens with zero attached hydrogens (tertiary/aromatic N) is 5. The predicted octanol–water partition coefficient (Wildman–Crippen LogP) is 2.19. The second kappa shape index (κ2) is 6.65. The second-order valence-electron chi connectivity index (χ2n) is 5.95. The van der Waals surface area contributed by atoms with Gasteiger partial charge in [-0.3, -0.25) is 4.40 Å². The first kappa shape index (κ1) is 15.9. The van der Waals surface area contributed by atoms with Crippen LogP contribution in [0.1, 0.15) is 38.5 Å². The maximum Gasteiger partial charge on any atom is 0.319 e. The van der Waals surface area contributed by atoms with Crippen LogP contribution in [0.2, 0.25) is 0 Å². The van der Waals surface area contributed by atoms with Crippen LogP contribution in [0.15, 0.2) is 29.2 Å². The highest BCUT2D eigenvalue weighted by atomic mass is 16.5. The molecule has 0 bridgehead atoms. The van der Waals surface area contributed by atoms with Crippen molar-refractivity contribution in [1.29, 1.82) is 0 Å². The van der Waals surface area contributed by atoms with Crippen molar-refractivity contribution in [2.75, 3.05) is 5.32 Å². The highest BCUT2D eigenvalue weighted by Gasteiger charge is 2.17. The molecule has 0 radical (unpaired) electrons. The molecular weight excluding hydrogens is 310 g/mol. The van der Waals surface area contributed by atoms with E-state index in [-0.39, 0.29) is 6.03 Å². The molecule has 0 aliphatic rings. The lowest BCUT2D eigenvalue weighted by atomic mass is 10.1. The number of fused-ring (bicyclic) bond motifs is 1. The Morgan fingerprint density at radius 2 is 2.21 bits per heavy atom. The SMILES string of the molecule is CC(C)Cc1noc([C@H](C)NC(=O)Nc2cccn3cnnc23)n1. The van der Waals surface area contributed by atoms with Crippen LogP contribution < -0.4 is 10.6 Å². The molecule has 24 heavy (non-hydrogen) atoms. The minimum absolute atomic E-state index is 0.376. The Hall–Kier alpha value is -2.97. The van der Waals surface area contributed by atoms with Gasteiger partial charge in [-0.05, 0) is 25.0 Å². The largest absolute Gasteiger partial charge is 0.337 e. The molecule has 3 heterocycles. The number of amides is 2. The second-order valence-corrected chi connectivity index (χ2v) is 5.95. The van der Waals surface area contributed by atoms with E-state index in [0.717, 1.165) is 6.42 Å². The number of pyridine rings is 1. The van der Waals surface area contributed by atoms with E-state index in [1.807, 2.05) is 0 Å². The minimum atomic E-state index is -0.406. The van der Waals surface area contributed by atoms with E-state index >= 15 is 0 Å². The molecular formula is C15H19N7O2. The minimum Gasteiger partial charge on any atom is -0.337 e. The third-order valence-corrected chi connectivity index (χ3v) is 3.36. The van der Waals surface area contributed by atoms with E-state index in [2.05, 4.69) is 44.8 Å². The predicted molar refractivity (Wildman–Crippen MR) is 86.4 cm³/mol. The van der Waals surface area contributed by atoms with Gasteiger partial charge < -0.3 is 15.2 Å². The molecule has 0 saturated heterocycles. The molecule has 0 unspecified atom stereocenters. The van der Waals surface area contributed by atoms with Crippen LogP contribution in [0.5, 0.6) is 0 Å². The molecule has 0 aliphatic carbocycles. The van der Waals surface area contributed by atoms with Crippen LogP contribution in [0.25, 0.3) is 5.65 Å². The van der Waals surface area contributed by atoms with Gasteiger partial charge in [-0.15, -0.1) is 10.2 Å². The quantitative estimate of drug-likeness (QED) is 0.742. The van der Waals surface area contributed by atoms with Crippen LogP contribution in [0.3, 0.4) is 0 Å². The molecule has 1 atom stereocenters. The number of nitrogens with one attached hydrogen (secondary N) is 2. The first-order valence-corrected chi connectivity index (χ1v) is 7.71. The van der Waals surface area contributed by atoms with Crippen LogP contribution in [0, 0.1) is 5.92 Å². The number of hydrogen-bond donors (Lipinski definition) is 2. The van der Waals surface area contributed by atoms with Crippen LogP contribution in [-0.2, 0) is 6.42 Å². The third kappa shape index (κ3) is 3.50. The van der Waals surface area contributed by atoms with E-state index in [1.165, 1.54) is 0 Å². The highest BCUT2D eigenvalue weighted by Crippen LogP contribution is 2.15. The molecule has 0 fully saturated rings. The summed E-state index contributed by atoms with van der Waals surface area (Å²) < 4.78 is 6.92. The summed E-state index contributed by atoms with van der Waals surface area (Å²) in [6, 6.07) is 2.76. The molecule has 126 valence electrons. The van der Waals surface area contributed by atoms with Gasteiger partial charge in [0.05, 0.1) is 5.69 Å². The van der Waals surface area contributed by atoms with Gasteiger partial charge in [0, 0.05) is 12.6 Å². The van der Waals surface area contributed by atoms with Crippen molar-refractivity contribution >= 4 is 17.4 Å². The fraction of sp³-hybridized carbons (Fsp3) is 0.400. The topological polar surface area (TPSA) is 110 Å². The smallest absolute Gasteiger partial charge is 0.319 e. The van der Waals surface area contributed by atoms with Gasteiger partial charge in [-0.25, -0.2) is 4.79 Å². The van der Waals surface area contributed by atoms with Crippen molar-refractivity contribution in [2.24, 2.45) is 5.92 Å². The molecule has 0 saturated carbocycles. The van der Waals surface area contributed by atoms with E-state index in [1.54, 1.807) is 36.0 Å². The van der Waals surface area contributed by atoms with Crippen molar-refractivity contribution in [3.8, 4) is 0 Å². The summed E-state index contributed by atoms with van der Waals surface area (Å²) in [5.74, 6) is 1.45. The summed E-state index contributed by atoms with van der Waals surface area (Å²) >= 11 is 0. The van der Waals surface area contributed by atoms with Gasteiger partial charge in [0.25, 0.3) is 0 Å². The van der Waals surface area contributed by atoms with Gasteiger partial charge in [0.1, 0.15) is 12.4 Å². The lowest BCUT2D eigenvalue weighted by molar-refractivity contribution is 0.245. The van der Waals surface area contributed by atoms with Crippen molar-refractivity contribution in [2.45, 2.75) is 33.2 Å². The Balaban J connectivity index is 1.64. The van der Waals surface area contributed by atoms with Gasteiger partial charge >= 0.3 is 6.03 Å². The maximum atomic E-state index is 12.2. The molecule has 0 spiro atoms. The lowest BCUT2D eigenvalue weighted by Crippen LogP contribution is -2.31. The Kier molecular flexibility index (Phi) is 4.41. The highest BCUT2D eigenvalue weighted by molar-refractivity contribution is 5.93. The first-order valence-electron chi connectivity index (χ1n) is 7.71. The zero-order valence-electron chi connectivity index (χ0n) is 13.7. The molecule has 0 aliphatic heterocycles. The van der Waals surface area contributed by atoms with Gasteiger partial charge in [-0.1, -0.05) is 19.0 Å². The summed E-state index contributed by atoms with van der Waals surface area (Å²) in [7, 11) is 0. The van der Waals surface area contributed by atoms with Crippen LogP contribution in [0.4, 0.5) is 10.5 Å². The molecule has 9 heteroatoms. The van der Waals surface area contributed by atoms with E-state index < -0.39 is 6.04 Å². The number of carbonyl (C=O) groups is 1. The Morgan fingerprint density at radius 1 is 1.38 bits per heavy atom. The van der Waals surface area contributed by atoms with E-state index in [4.69, 9.17) is 4.52 Å². The van der Waals surface area contributed by atoms with Crippen molar-refractivity contribution in [3.05, 3.63) is 36.4 Å². The standard InChI is InChI=1S/C15H19N7O2/c1-9(2)7-12-19-14(24-21-12)10(3)17-15(23)18-11-5-4-6-22-8-16-20-13(11)22/h4-6,8-10H,7H2,1-3H3,(H2,17,18,23)/t10-/m0/s1. The van der Waals surface area contributed by atoms with Crippen molar-refractivity contribution in [1.82, 2.24) is 30.1 Å². The summed E-state index contributed by atoms with van der Waals surface area (Å²) in [6.45, 7) is 5.94. The van der Waals surface area contributed by atoms with Crippen LogP contribution >= 0.6 is 0 Å². The number of hydrogen-bond acceptors (Lipinski definition) is 6. The summed E-state index contributed by atoms with van der Waals surface area (Å²) in [4.78, 5) is 16.5. The zero-order valence-corrected chi connectivity index (χ0v) is 13.7. The molecule has 2 amide bonds. The Morgan fingerprint density at radius 3 is 3.00 bits per heavy atom. The van der Waals surface area contributed by atoms with Gasteiger partial charge in [0.2, 0.25) is 5.89 Å². The Bertz CT molecular complexity index is 839. The molecule has 9 nitrogen and oxygen atoms in total. The summed E-state index contributed by atoms with van der Waals surface area (Å²) in [5, 5.41) is 17.2. The zero-order chi connectivity index (χ0) is 17.1. The Labute approximate surface area is 138 Å². The van der Waals surface area contributed by atoms with E-state index in [9.17, 15) is 4.79 Å². The molecule has 3 aromatic rings. The van der Waals surface area contributed by atoms with Gasteiger partial charge in [0.15, 0.2) is 11.5 Å². The number of anilines is 1. The third-order valence-electron chi connectivity index (χ3n) is 3.36. The summed E-state index contributed by atoms with van der Waals surface area (Å²) in [6.07, 6.45) is 4.10. The molecule has 2 N–H and O–H groups in total. The van der Waals surface area contributed by atoms with Crippen molar-refractivity contribution < 1.29 is 9.32 Å². The average Bonchev–Trinajstić information content (AvgIpc) is 3.15. The lowest BCUT2D eigenvalue weighted by Gasteiger charge is -2.11. The van der Waals surface area contributed by atoms with Crippen molar-refractivity contribution in [3.63, 3.8) is 0 Å². The first-order chi connectivity index (χ1) is 11.5. The van der Waals surface area contributed by atoms with E-state index in [0.29, 0.717) is 29.0 Å². The maximum absolute atomic E-state index is 12.2. The molecule has 3 aromatic heterocycles. The molecule has 3 rings (SSSR count). The summed E-state index contributed by atoms with van der Waals surface area (Å²) in [5.41, 5.74) is 1.13. The fourth-order valence-electron chi connectivity index (χ4n) is 2.26.